The first-order valence-corrected chi connectivity index (χ1v) is 14.7. The average molecular weight is 555 g/mol. The molecular formula is C31H33F3N2O2S. The summed E-state index contributed by atoms with van der Waals surface area (Å²) < 4.78 is 53.7. The molecule has 2 aliphatic heterocycles. The van der Waals surface area contributed by atoms with Gasteiger partial charge in [-0.15, -0.1) is 8.78 Å². The van der Waals surface area contributed by atoms with Crippen LogP contribution in [0.3, 0.4) is 0 Å². The molecule has 1 saturated carbocycles. The van der Waals surface area contributed by atoms with E-state index >= 15 is 0 Å². The maximum absolute atomic E-state index is 14.8. The number of alkyl halides is 2. The molecule has 2 heterocycles. The predicted molar refractivity (Wildman–Crippen MR) is 148 cm³/mol. The Morgan fingerprint density at radius 3 is 2.59 bits per heavy atom. The van der Waals surface area contributed by atoms with Crippen LogP contribution in [0.15, 0.2) is 59.5 Å². The van der Waals surface area contributed by atoms with Gasteiger partial charge < -0.3 is 14.2 Å². The van der Waals surface area contributed by atoms with Crippen molar-refractivity contribution in [3.8, 4) is 11.5 Å². The van der Waals surface area contributed by atoms with Crippen LogP contribution in [0.25, 0.3) is 0 Å². The first-order chi connectivity index (χ1) is 18.9. The molecule has 3 aromatic rings. The van der Waals surface area contributed by atoms with Crippen LogP contribution in [0, 0.1) is 11.7 Å². The average Bonchev–Trinajstić information content (AvgIpc) is 3.54. The number of hydrogen-bond donors (Lipinski definition) is 1. The van der Waals surface area contributed by atoms with Gasteiger partial charge in [-0.3, -0.25) is 4.90 Å². The number of nitrogens with zero attached hydrogens (tertiary/aromatic N) is 1. The first kappa shape index (κ1) is 26.4. The van der Waals surface area contributed by atoms with E-state index in [0.717, 1.165) is 54.3 Å². The number of fused-ring (bicyclic) bond motifs is 2. The number of benzene rings is 3. The molecule has 0 aromatic heterocycles. The summed E-state index contributed by atoms with van der Waals surface area (Å²) in [5.41, 5.74) is 4.99. The van der Waals surface area contributed by atoms with E-state index in [1.54, 1.807) is 18.2 Å². The lowest BCUT2D eigenvalue weighted by Gasteiger charge is -2.29. The van der Waals surface area contributed by atoms with E-state index in [4.69, 9.17) is 0 Å². The Morgan fingerprint density at radius 2 is 1.74 bits per heavy atom. The molecule has 3 aromatic carbocycles. The van der Waals surface area contributed by atoms with Gasteiger partial charge in [-0.05, 0) is 95.8 Å². The van der Waals surface area contributed by atoms with Gasteiger partial charge in [0.15, 0.2) is 11.5 Å². The Hall–Kier alpha value is -2.84. The number of nitrogens with one attached hydrogen (secondary N) is 1. The van der Waals surface area contributed by atoms with E-state index < -0.39 is 6.29 Å². The zero-order valence-electron chi connectivity index (χ0n) is 21.9. The molecule has 0 unspecified atom stereocenters. The fraction of sp³-hybridized carbons (Fsp3) is 0.419. The highest BCUT2D eigenvalue weighted by atomic mass is 32.2. The zero-order valence-corrected chi connectivity index (χ0v) is 22.7. The van der Waals surface area contributed by atoms with Crippen LogP contribution in [0.2, 0.25) is 0 Å². The van der Waals surface area contributed by atoms with Crippen molar-refractivity contribution in [2.45, 2.75) is 75.6 Å². The molecular weight excluding hydrogens is 521 g/mol. The normalized spacial score (nSPS) is 18.3. The standard InChI is InChI=1S/C31H33F3N2O2S/c32-27-16-22(7-3-6-21-4-1-2-5-21)8-12-28(27)35-39-26-11-10-25-20-36(15-14-24(25)18-26)19-23-9-13-29-30(17-23)38-31(33,34)37-29/h8-13,16-18,21,35H,1-7,14-15,19-20H2. The Balaban J connectivity index is 1.00. The Morgan fingerprint density at radius 1 is 0.923 bits per heavy atom. The smallest absolute Gasteiger partial charge is 0.395 e. The lowest BCUT2D eigenvalue weighted by Crippen LogP contribution is -2.30. The Labute approximate surface area is 232 Å². The van der Waals surface area contributed by atoms with Gasteiger partial charge in [-0.1, -0.05) is 50.3 Å². The van der Waals surface area contributed by atoms with Crippen LogP contribution in [0.1, 0.15) is 60.8 Å². The zero-order chi connectivity index (χ0) is 26.8. The third kappa shape index (κ3) is 6.49. The molecule has 0 saturated heterocycles. The number of aryl methyl sites for hydroxylation is 1. The van der Waals surface area contributed by atoms with Gasteiger partial charge >= 0.3 is 6.29 Å². The fourth-order valence-electron chi connectivity index (χ4n) is 5.94. The highest BCUT2D eigenvalue weighted by Gasteiger charge is 2.43. The van der Waals surface area contributed by atoms with Crippen LogP contribution in [-0.2, 0) is 25.9 Å². The molecule has 206 valence electrons. The van der Waals surface area contributed by atoms with Crippen molar-refractivity contribution in [3.63, 3.8) is 0 Å². The van der Waals surface area contributed by atoms with Gasteiger partial charge in [0.25, 0.3) is 0 Å². The predicted octanol–water partition coefficient (Wildman–Crippen LogP) is 8.34. The SMILES string of the molecule is Fc1cc(CCCC2CCCC2)ccc1NSc1ccc2c(c1)CCN(Cc1ccc3c(c1)OC(F)(F)O3)C2. The van der Waals surface area contributed by atoms with E-state index in [-0.39, 0.29) is 17.3 Å². The van der Waals surface area contributed by atoms with Crippen LogP contribution >= 0.6 is 11.9 Å². The van der Waals surface area contributed by atoms with Gasteiger partial charge in [0.2, 0.25) is 0 Å². The van der Waals surface area contributed by atoms with E-state index in [2.05, 4.69) is 37.3 Å². The number of anilines is 1. The Bertz CT molecular complexity index is 1330. The summed E-state index contributed by atoms with van der Waals surface area (Å²) in [4.78, 5) is 3.33. The summed E-state index contributed by atoms with van der Waals surface area (Å²) in [6.07, 6.45) is 6.08. The molecule has 39 heavy (non-hydrogen) atoms. The quantitative estimate of drug-likeness (QED) is 0.269. The molecule has 0 spiro atoms. The van der Waals surface area contributed by atoms with Crippen molar-refractivity contribution in [3.05, 3.63) is 82.7 Å². The Kier molecular flexibility index (Phi) is 7.67. The summed E-state index contributed by atoms with van der Waals surface area (Å²) >= 11 is 1.43. The minimum absolute atomic E-state index is 0.0664. The van der Waals surface area contributed by atoms with Gasteiger partial charge in [0.1, 0.15) is 5.82 Å². The summed E-state index contributed by atoms with van der Waals surface area (Å²) in [6.45, 7) is 2.26. The molecule has 8 heteroatoms. The van der Waals surface area contributed by atoms with Crippen LogP contribution < -0.4 is 14.2 Å². The van der Waals surface area contributed by atoms with Gasteiger partial charge in [-0.2, -0.15) is 0 Å². The topological polar surface area (TPSA) is 33.7 Å². The largest absolute Gasteiger partial charge is 0.586 e. The van der Waals surface area contributed by atoms with Crippen molar-refractivity contribution >= 4 is 17.6 Å². The van der Waals surface area contributed by atoms with Crippen molar-refractivity contribution < 1.29 is 22.6 Å². The molecule has 3 aliphatic rings. The second-order valence-electron chi connectivity index (χ2n) is 10.9. The van der Waals surface area contributed by atoms with E-state index in [1.807, 2.05) is 12.1 Å². The lowest BCUT2D eigenvalue weighted by atomic mass is 9.98. The molecule has 0 radical (unpaired) electrons. The summed E-state index contributed by atoms with van der Waals surface area (Å²) in [7, 11) is 0. The molecule has 4 nitrogen and oxygen atoms in total. The van der Waals surface area contributed by atoms with E-state index in [9.17, 15) is 13.2 Å². The summed E-state index contributed by atoms with van der Waals surface area (Å²) in [5.74, 6) is 0.813. The lowest BCUT2D eigenvalue weighted by molar-refractivity contribution is -0.286. The van der Waals surface area contributed by atoms with Crippen LogP contribution in [0.4, 0.5) is 18.9 Å². The maximum Gasteiger partial charge on any atom is 0.586 e. The molecule has 0 amide bonds. The highest BCUT2D eigenvalue weighted by Crippen LogP contribution is 2.41. The van der Waals surface area contributed by atoms with Crippen LogP contribution in [0.5, 0.6) is 11.5 Å². The second-order valence-corrected chi connectivity index (χ2v) is 11.8. The molecule has 0 atom stereocenters. The van der Waals surface area contributed by atoms with Crippen molar-refractivity contribution in [1.29, 1.82) is 0 Å². The minimum atomic E-state index is -3.60. The van der Waals surface area contributed by atoms with Gasteiger partial charge in [0, 0.05) is 24.5 Å². The molecule has 0 bridgehead atoms. The number of hydrogen-bond acceptors (Lipinski definition) is 5. The number of ether oxygens (including phenoxy) is 2. The number of halogens is 3. The van der Waals surface area contributed by atoms with Gasteiger partial charge in [-0.25, -0.2) is 4.39 Å². The fourth-order valence-corrected chi connectivity index (χ4v) is 6.67. The third-order valence-corrected chi connectivity index (χ3v) is 8.82. The molecule has 1 aliphatic carbocycles. The third-order valence-electron chi connectivity index (χ3n) is 8.01. The van der Waals surface area contributed by atoms with Crippen molar-refractivity contribution in [2.24, 2.45) is 5.92 Å². The monoisotopic (exact) mass is 554 g/mol. The van der Waals surface area contributed by atoms with E-state index in [0.29, 0.717) is 12.2 Å². The number of rotatable bonds is 9. The molecule has 6 rings (SSSR count). The molecule has 1 N–H and O–H groups in total. The second kappa shape index (κ2) is 11.3. The summed E-state index contributed by atoms with van der Waals surface area (Å²) in [5, 5.41) is 0. The minimum Gasteiger partial charge on any atom is -0.395 e. The highest BCUT2D eigenvalue weighted by molar-refractivity contribution is 8.00. The first-order valence-electron chi connectivity index (χ1n) is 13.8. The van der Waals surface area contributed by atoms with Crippen molar-refractivity contribution in [2.75, 3.05) is 11.3 Å². The molecule has 1 fully saturated rings. The summed E-state index contributed by atoms with van der Waals surface area (Å²) in [6, 6.07) is 16.9. The van der Waals surface area contributed by atoms with E-state index in [1.165, 1.54) is 61.2 Å². The van der Waals surface area contributed by atoms with Crippen molar-refractivity contribution in [1.82, 2.24) is 4.90 Å². The maximum atomic E-state index is 14.8. The van der Waals surface area contributed by atoms with Gasteiger partial charge in [0.05, 0.1) is 5.69 Å². The van der Waals surface area contributed by atoms with Crippen LogP contribution in [-0.4, -0.2) is 17.7 Å².